The van der Waals surface area contributed by atoms with Gasteiger partial charge in [-0.15, -0.1) is 0 Å². The second-order valence-electron chi connectivity index (χ2n) is 6.97. The molecule has 8 heteroatoms. The van der Waals surface area contributed by atoms with Crippen molar-refractivity contribution in [2.24, 2.45) is 15.9 Å². The van der Waals surface area contributed by atoms with Crippen molar-refractivity contribution < 1.29 is 4.42 Å². The van der Waals surface area contributed by atoms with E-state index < -0.39 is 0 Å². The van der Waals surface area contributed by atoms with Gasteiger partial charge in [-0.2, -0.15) is 0 Å². The molecular weight excluding hydrogens is 398 g/mol. The van der Waals surface area contributed by atoms with E-state index in [-0.39, 0.29) is 11.5 Å². The Morgan fingerprint density at radius 3 is 2.80 bits per heavy atom. The summed E-state index contributed by atoms with van der Waals surface area (Å²) >= 11 is 1.08. The van der Waals surface area contributed by atoms with Crippen LogP contribution in [0.3, 0.4) is 0 Å². The third-order valence-corrected chi connectivity index (χ3v) is 5.37. The first-order valence-corrected chi connectivity index (χ1v) is 10.3. The van der Waals surface area contributed by atoms with Crippen molar-refractivity contribution in [3.63, 3.8) is 0 Å². The smallest absolute Gasteiger partial charge is 0.196 e. The molecule has 1 aromatic carbocycles. The molecule has 0 aliphatic rings. The third-order valence-electron chi connectivity index (χ3n) is 4.82. The molecule has 0 radical (unpaired) electrons. The van der Waals surface area contributed by atoms with Crippen LogP contribution in [0.15, 0.2) is 55.9 Å². The minimum absolute atomic E-state index is 0.0909. The lowest BCUT2D eigenvalue weighted by Gasteiger charge is -2.19. The summed E-state index contributed by atoms with van der Waals surface area (Å²) in [6.07, 6.45) is 4.66. The summed E-state index contributed by atoms with van der Waals surface area (Å²) in [7, 11) is 1.64. The van der Waals surface area contributed by atoms with E-state index in [9.17, 15) is 4.79 Å². The Morgan fingerprint density at radius 1 is 1.37 bits per heavy atom. The van der Waals surface area contributed by atoms with E-state index in [2.05, 4.69) is 15.3 Å². The highest BCUT2D eigenvalue weighted by atomic mass is 32.2. The second kappa shape index (κ2) is 9.15. The van der Waals surface area contributed by atoms with Crippen molar-refractivity contribution in [2.45, 2.75) is 31.8 Å². The highest BCUT2D eigenvalue weighted by Crippen LogP contribution is 2.31. The fraction of sp³-hybridized carbons (Fsp3) is 0.227. The van der Waals surface area contributed by atoms with Crippen molar-refractivity contribution in [3.05, 3.63) is 69.3 Å². The van der Waals surface area contributed by atoms with Crippen molar-refractivity contribution in [2.75, 3.05) is 12.4 Å². The van der Waals surface area contributed by atoms with E-state index in [0.717, 1.165) is 28.8 Å². The van der Waals surface area contributed by atoms with E-state index in [1.54, 1.807) is 26.4 Å². The molecule has 0 spiro atoms. The molecule has 0 aliphatic carbocycles. The van der Waals surface area contributed by atoms with Gasteiger partial charge in [0.2, 0.25) is 0 Å². The van der Waals surface area contributed by atoms with E-state index in [1.165, 1.54) is 6.20 Å². The first-order valence-electron chi connectivity index (χ1n) is 9.41. The van der Waals surface area contributed by atoms with E-state index >= 15 is 0 Å². The Balaban J connectivity index is 2.21. The maximum absolute atomic E-state index is 13.1. The van der Waals surface area contributed by atoms with Crippen LogP contribution in [0.1, 0.15) is 35.4 Å². The van der Waals surface area contributed by atoms with Crippen LogP contribution < -0.4 is 21.6 Å². The highest BCUT2D eigenvalue weighted by molar-refractivity contribution is 7.97. The zero-order valence-electron chi connectivity index (χ0n) is 17.4. The number of hydrogen-bond acceptors (Lipinski definition) is 8. The molecule has 5 N–H and O–H groups in total. The number of fused-ring (bicyclic) bond motifs is 1. The lowest BCUT2D eigenvalue weighted by molar-refractivity contribution is 0.575. The number of hydrogen-bond donors (Lipinski definition) is 3. The summed E-state index contributed by atoms with van der Waals surface area (Å²) < 4.78 is 6.26. The fourth-order valence-corrected chi connectivity index (χ4v) is 3.76. The normalized spacial score (nSPS) is 13.2. The molecule has 30 heavy (non-hydrogen) atoms. The summed E-state index contributed by atoms with van der Waals surface area (Å²) in [6.45, 7) is 5.69. The first kappa shape index (κ1) is 21.6. The molecule has 3 aromatic rings. The van der Waals surface area contributed by atoms with Gasteiger partial charge in [0.1, 0.15) is 16.4 Å². The van der Waals surface area contributed by atoms with Gasteiger partial charge in [0, 0.05) is 36.8 Å². The highest BCUT2D eigenvalue weighted by Gasteiger charge is 2.20. The number of allylic oxidation sites excluding steroid dienone is 1. The van der Waals surface area contributed by atoms with Crippen LogP contribution >= 0.6 is 11.9 Å². The van der Waals surface area contributed by atoms with Gasteiger partial charge >= 0.3 is 0 Å². The third kappa shape index (κ3) is 4.10. The van der Waals surface area contributed by atoms with Crippen molar-refractivity contribution in [1.29, 1.82) is 0 Å². The molecule has 2 aromatic heterocycles. The van der Waals surface area contributed by atoms with Gasteiger partial charge in [-0.05, 0) is 56.5 Å². The quantitative estimate of drug-likeness (QED) is 0.406. The molecule has 1 unspecified atom stereocenters. The number of benzene rings is 1. The van der Waals surface area contributed by atoms with Crippen molar-refractivity contribution in [3.8, 4) is 0 Å². The zero-order valence-corrected chi connectivity index (χ0v) is 18.2. The lowest BCUT2D eigenvalue weighted by atomic mass is 9.99. The zero-order chi connectivity index (χ0) is 21.8. The Kier molecular flexibility index (Phi) is 6.59. The second-order valence-corrected chi connectivity index (χ2v) is 7.59. The van der Waals surface area contributed by atoms with Gasteiger partial charge in [0.05, 0.1) is 22.7 Å². The van der Waals surface area contributed by atoms with Gasteiger partial charge < -0.3 is 15.5 Å². The number of rotatable bonds is 6. The predicted molar refractivity (Wildman–Crippen MR) is 125 cm³/mol. The molecule has 0 bridgehead atoms. The van der Waals surface area contributed by atoms with Crippen LogP contribution in [0.4, 0.5) is 5.69 Å². The molecule has 1 atom stereocenters. The average Bonchev–Trinajstić information content (AvgIpc) is 2.75. The maximum atomic E-state index is 13.1. The Labute approximate surface area is 179 Å². The Morgan fingerprint density at radius 2 is 2.13 bits per heavy atom. The largest absolute Gasteiger partial charge is 0.455 e. The topological polar surface area (TPSA) is 120 Å². The van der Waals surface area contributed by atoms with Gasteiger partial charge in [-0.1, -0.05) is 6.07 Å². The number of aryl methyl sites for hydroxylation is 1. The molecule has 0 amide bonds. The van der Waals surface area contributed by atoms with E-state index in [0.29, 0.717) is 32.9 Å². The van der Waals surface area contributed by atoms with Crippen LogP contribution in [0.2, 0.25) is 0 Å². The molecule has 0 aliphatic heterocycles. The summed E-state index contributed by atoms with van der Waals surface area (Å²) in [4.78, 5) is 21.4. The number of nitrogens with one attached hydrogen (secondary N) is 1. The minimum atomic E-state index is -0.175. The molecule has 7 nitrogen and oxygen atoms in total. The lowest BCUT2D eigenvalue weighted by Crippen LogP contribution is -2.14. The first-order chi connectivity index (χ1) is 14.4. The summed E-state index contributed by atoms with van der Waals surface area (Å²) in [6, 6.07) is 7.43. The summed E-state index contributed by atoms with van der Waals surface area (Å²) in [5.74, 6) is 0.414. The number of nitrogens with zero attached hydrogens (tertiary/aromatic N) is 2. The molecule has 0 fully saturated rings. The number of aromatic nitrogens is 1. The maximum Gasteiger partial charge on any atom is 0.196 e. The Bertz CT molecular complexity index is 1200. The monoisotopic (exact) mass is 423 g/mol. The van der Waals surface area contributed by atoms with Crippen LogP contribution in [0, 0.1) is 13.8 Å². The molecule has 3 rings (SSSR count). The SMILES string of the molecule is CN=C/C(=C\N)c1oc2c(C(C)Nc3cccnc3SN)cc(C)cc2c(=O)c1C. The standard InChI is InChI=1S/C22H25N5O2S/c1-12-8-16(14(3)27-18-6-5-7-26-22(18)30-24)21-17(9-12)19(28)13(2)20(29-21)15(10-23)11-25-4/h5-11,14,27H,23-24H2,1-4H3/b15-10+,25-11?. The van der Waals surface area contributed by atoms with Gasteiger partial charge in [-0.3, -0.25) is 14.9 Å². The molecule has 156 valence electrons. The van der Waals surface area contributed by atoms with Crippen molar-refractivity contribution >= 4 is 40.4 Å². The number of anilines is 1. The van der Waals surface area contributed by atoms with Crippen LogP contribution in [0.5, 0.6) is 0 Å². The molecule has 2 heterocycles. The van der Waals surface area contributed by atoms with Crippen LogP contribution in [0.25, 0.3) is 16.5 Å². The van der Waals surface area contributed by atoms with Crippen LogP contribution in [-0.2, 0) is 0 Å². The summed E-state index contributed by atoms with van der Waals surface area (Å²) in [5.41, 5.74) is 9.85. The predicted octanol–water partition coefficient (Wildman–Crippen LogP) is 3.94. The van der Waals surface area contributed by atoms with Crippen molar-refractivity contribution in [1.82, 2.24) is 4.98 Å². The number of nitrogens with two attached hydrogens (primary N) is 2. The Hall–Kier alpha value is -3.10. The summed E-state index contributed by atoms with van der Waals surface area (Å²) in [5, 5.41) is 10.4. The average molecular weight is 424 g/mol. The van der Waals surface area contributed by atoms with Gasteiger partial charge in [0.25, 0.3) is 0 Å². The van der Waals surface area contributed by atoms with Crippen LogP contribution in [-0.4, -0.2) is 18.2 Å². The van der Waals surface area contributed by atoms with E-state index in [4.69, 9.17) is 15.3 Å². The molecule has 0 saturated heterocycles. The van der Waals surface area contributed by atoms with Gasteiger partial charge in [0.15, 0.2) is 5.43 Å². The minimum Gasteiger partial charge on any atom is -0.455 e. The number of aliphatic imine (C=N–C) groups is 1. The number of pyridine rings is 1. The molecular formula is C22H25N5O2S. The van der Waals surface area contributed by atoms with E-state index in [1.807, 2.05) is 38.1 Å². The molecule has 0 saturated carbocycles. The van der Waals surface area contributed by atoms with Gasteiger partial charge in [-0.25, -0.2) is 4.98 Å². The fourth-order valence-electron chi connectivity index (χ4n) is 3.39.